The molecule has 0 aromatic heterocycles. The molecule has 1 aromatic carbocycles. The monoisotopic (exact) mass is 325 g/mol. The first-order chi connectivity index (χ1) is 11.6. The summed E-state index contributed by atoms with van der Waals surface area (Å²) in [5.74, 6) is 0.457. The van der Waals surface area contributed by atoms with Crippen LogP contribution in [0.15, 0.2) is 24.3 Å². The van der Waals surface area contributed by atoms with E-state index in [9.17, 15) is 9.59 Å². The number of carbonyl (C=O) groups excluding carboxylic acids is 2. The third kappa shape index (κ3) is 3.28. The fraction of sp³-hybridized carbons (Fsp3) is 0.526. The molecular weight excluding hydrogens is 302 g/mol. The average molecular weight is 325 g/mol. The van der Waals surface area contributed by atoms with Gasteiger partial charge >= 0.3 is 0 Å². The second-order valence-electron chi connectivity index (χ2n) is 6.67. The van der Waals surface area contributed by atoms with Gasteiger partial charge in [-0.1, -0.05) is 12.1 Å². The molecule has 0 radical (unpaired) electrons. The lowest BCUT2D eigenvalue weighted by Gasteiger charge is -2.33. The van der Waals surface area contributed by atoms with E-state index < -0.39 is 0 Å². The highest BCUT2D eigenvalue weighted by molar-refractivity contribution is 5.89. The van der Waals surface area contributed by atoms with Crippen molar-refractivity contribution in [2.75, 3.05) is 26.2 Å². The van der Waals surface area contributed by atoms with Crippen molar-refractivity contribution in [3.05, 3.63) is 35.4 Å². The summed E-state index contributed by atoms with van der Waals surface area (Å²) in [5, 5.41) is 9.03. The van der Waals surface area contributed by atoms with E-state index in [4.69, 9.17) is 5.26 Å². The molecular formula is C19H23N3O2. The highest BCUT2D eigenvalue weighted by atomic mass is 16.2. The Hall–Kier alpha value is -2.35. The van der Waals surface area contributed by atoms with Crippen molar-refractivity contribution in [2.24, 2.45) is 5.92 Å². The molecule has 3 rings (SSSR count). The summed E-state index contributed by atoms with van der Waals surface area (Å²) >= 11 is 0. The van der Waals surface area contributed by atoms with Gasteiger partial charge in [0.2, 0.25) is 11.8 Å². The minimum absolute atomic E-state index is 0.0963. The van der Waals surface area contributed by atoms with Gasteiger partial charge in [-0.05, 0) is 43.4 Å². The second-order valence-corrected chi connectivity index (χ2v) is 6.67. The standard InChI is InChI=1S/C19H23N3O2/c1-2-21-13-17(11-18(21)23)19(24)22-8-6-15(7-9-22)16-5-3-4-14(10-16)12-20/h3-5,10,15,17H,2,6-9,11,13H2,1H3/t17-/m1/s1. The maximum absolute atomic E-state index is 12.7. The van der Waals surface area contributed by atoms with E-state index in [1.807, 2.05) is 30.0 Å². The molecule has 2 aliphatic heterocycles. The Balaban J connectivity index is 1.58. The fourth-order valence-electron chi connectivity index (χ4n) is 3.80. The Kier molecular flexibility index (Phi) is 4.84. The maximum Gasteiger partial charge on any atom is 0.227 e. The number of likely N-dealkylation sites (tertiary alicyclic amines) is 2. The average Bonchev–Trinajstić information content (AvgIpc) is 3.02. The zero-order valence-electron chi connectivity index (χ0n) is 14.1. The van der Waals surface area contributed by atoms with Crippen molar-refractivity contribution < 1.29 is 9.59 Å². The molecule has 0 unspecified atom stereocenters. The van der Waals surface area contributed by atoms with E-state index >= 15 is 0 Å². The molecule has 0 spiro atoms. The van der Waals surface area contributed by atoms with Crippen molar-refractivity contribution >= 4 is 11.8 Å². The summed E-state index contributed by atoms with van der Waals surface area (Å²) in [5.41, 5.74) is 1.88. The zero-order valence-corrected chi connectivity index (χ0v) is 14.1. The van der Waals surface area contributed by atoms with Crippen LogP contribution < -0.4 is 0 Å². The first kappa shape index (κ1) is 16.5. The molecule has 126 valence electrons. The minimum Gasteiger partial charge on any atom is -0.342 e. The first-order valence-electron chi connectivity index (χ1n) is 8.69. The molecule has 5 nitrogen and oxygen atoms in total. The van der Waals surface area contributed by atoms with E-state index in [0.717, 1.165) is 25.9 Å². The number of nitrogens with zero attached hydrogens (tertiary/aromatic N) is 3. The summed E-state index contributed by atoms with van der Waals surface area (Å²) in [6.07, 6.45) is 2.19. The summed E-state index contributed by atoms with van der Waals surface area (Å²) in [6, 6.07) is 9.95. The van der Waals surface area contributed by atoms with Crippen molar-refractivity contribution in [3.63, 3.8) is 0 Å². The molecule has 0 N–H and O–H groups in total. The van der Waals surface area contributed by atoms with Gasteiger partial charge in [-0.2, -0.15) is 5.26 Å². The number of piperidine rings is 1. The van der Waals surface area contributed by atoms with E-state index in [-0.39, 0.29) is 17.7 Å². The number of carbonyl (C=O) groups is 2. The summed E-state index contributed by atoms with van der Waals surface area (Å²) in [6.45, 7) is 4.66. The van der Waals surface area contributed by atoms with E-state index in [2.05, 4.69) is 12.1 Å². The number of hydrogen-bond acceptors (Lipinski definition) is 3. The quantitative estimate of drug-likeness (QED) is 0.855. The van der Waals surface area contributed by atoms with Gasteiger partial charge in [0.05, 0.1) is 17.6 Å². The van der Waals surface area contributed by atoms with Gasteiger partial charge in [0.25, 0.3) is 0 Å². The molecule has 24 heavy (non-hydrogen) atoms. The lowest BCUT2D eigenvalue weighted by atomic mass is 9.88. The predicted octanol–water partition coefficient (Wildman–Crippen LogP) is 2.13. The fourth-order valence-corrected chi connectivity index (χ4v) is 3.80. The number of hydrogen-bond donors (Lipinski definition) is 0. The first-order valence-corrected chi connectivity index (χ1v) is 8.69. The second kappa shape index (κ2) is 7.04. The normalized spacial score (nSPS) is 21.8. The van der Waals surface area contributed by atoms with Crippen molar-refractivity contribution in [1.82, 2.24) is 9.80 Å². The Labute approximate surface area is 142 Å². The van der Waals surface area contributed by atoms with Gasteiger partial charge in [-0.25, -0.2) is 0 Å². The van der Waals surface area contributed by atoms with Crippen LogP contribution in [0, 0.1) is 17.2 Å². The topological polar surface area (TPSA) is 64.4 Å². The highest BCUT2D eigenvalue weighted by Gasteiger charge is 2.36. The van der Waals surface area contributed by atoms with Crippen molar-refractivity contribution in [2.45, 2.75) is 32.1 Å². The van der Waals surface area contributed by atoms with Crippen molar-refractivity contribution in [1.29, 1.82) is 5.26 Å². The molecule has 1 aromatic rings. The van der Waals surface area contributed by atoms with Crippen LogP contribution in [-0.4, -0.2) is 47.8 Å². The van der Waals surface area contributed by atoms with Crippen LogP contribution in [0.25, 0.3) is 0 Å². The number of nitriles is 1. The highest BCUT2D eigenvalue weighted by Crippen LogP contribution is 2.30. The molecule has 0 saturated carbocycles. The van der Waals surface area contributed by atoms with Crippen LogP contribution in [-0.2, 0) is 9.59 Å². The van der Waals surface area contributed by atoms with Crippen LogP contribution in [0.4, 0.5) is 0 Å². The minimum atomic E-state index is -0.170. The molecule has 0 aliphatic carbocycles. The number of amides is 2. The SMILES string of the molecule is CCN1C[C@H](C(=O)N2CCC(c3cccc(C#N)c3)CC2)CC1=O. The van der Waals surface area contributed by atoms with Crippen LogP contribution in [0.5, 0.6) is 0 Å². The Bertz CT molecular complexity index is 671. The predicted molar refractivity (Wildman–Crippen MR) is 90.1 cm³/mol. The molecule has 2 heterocycles. The third-order valence-corrected chi connectivity index (χ3v) is 5.24. The molecule has 2 aliphatic rings. The van der Waals surface area contributed by atoms with Gasteiger partial charge in [0, 0.05) is 32.6 Å². The van der Waals surface area contributed by atoms with E-state index in [0.29, 0.717) is 31.0 Å². The Morgan fingerprint density at radius 2 is 2.08 bits per heavy atom. The van der Waals surface area contributed by atoms with Crippen LogP contribution in [0.2, 0.25) is 0 Å². The van der Waals surface area contributed by atoms with Crippen molar-refractivity contribution in [3.8, 4) is 6.07 Å². The van der Waals surface area contributed by atoms with Crippen LogP contribution in [0.1, 0.15) is 43.2 Å². The molecule has 0 bridgehead atoms. The van der Waals surface area contributed by atoms with Gasteiger partial charge in [0.1, 0.15) is 0 Å². The number of rotatable bonds is 3. The zero-order chi connectivity index (χ0) is 17.1. The lowest BCUT2D eigenvalue weighted by Crippen LogP contribution is -2.42. The molecule has 2 amide bonds. The summed E-state index contributed by atoms with van der Waals surface area (Å²) in [4.78, 5) is 28.2. The number of benzene rings is 1. The van der Waals surface area contributed by atoms with Gasteiger partial charge < -0.3 is 9.80 Å². The van der Waals surface area contributed by atoms with Crippen LogP contribution in [0.3, 0.4) is 0 Å². The van der Waals surface area contributed by atoms with E-state index in [1.54, 1.807) is 4.90 Å². The van der Waals surface area contributed by atoms with Crippen LogP contribution >= 0.6 is 0 Å². The summed E-state index contributed by atoms with van der Waals surface area (Å²) in [7, 11) is 0. The smallest absolute Gasteiger partial charge is 0.227 e. The van der Waals surface area contributed by atoms with E-state index in [1.165, 1.54) is 5.56 Å². The molecule has 2 fully saturated rings. The van der Waals surface area contributed by atoms with Gasteiger partial charge in [-0.15, -0.1) is 0 Å². The Morgan fingerprint density at radius 3 is 2.71 bits per heavy atom. The van der Waals surface area contributed by atoms with Gasteiger partial charge in [0.15, 0.2) is 0 Å². The largest absolute Gasteiger partial charge is 0.342 e. The molecule has 1 atom stereocenters. The van der Waals surface area contributed by atoms with Gasteiger partial charge in [-0.3, -0.25) is 9.59 Å². The Morgan fingerprint density at radius 1 is 1.33 bits per heavy atom. The third-order valence-electron chi connectivity index (χ3n) is 5.24. The summed E-state index contributed by atoms with van der Waals surface area (Å²) < 4.78 is 0. The molecule has 2 saturated heterocycles. The lowest BCUT2D eigenvalue weighted by molar-refractivity contribution is -0.136. The molecule has 5 heteroatoms. The maximum atomic E-state index is 12.7.